The molecule has 3 nitrogen and oxygen atoms in total. The summed E-state index contributed by atoms with van der Waals surface area (Å²) in [6, 6.07) is 5.40. The second-order valence-electron chi connectivity index (χ2n) is 6.45. The van der Waals surface area contributed by atoms with Crippen LogP contribution in [0, 0.1) is 0 Å². The van der Waals surface area contributed by atoms with Crippen molar-refractivity contribution in [2.24, 2.45) is 0 Å². The first-order valence-corrected chi connectivity index (χ1v) is 9.22. The van der Waals surface area contributed by atoms with Crippen molar-refractivity contribution < 1.29 is 71.3 Å². The molecule has 0 aromatic heterocycles. The first-order valence-electron chi connectivity index (χ1n) is 8.46. The van der Waals surface area contributed by atoms with Crippen LogP contribution in [-0.4, -0.2) is 47.5 Å². The number of halogens is 15. The van der Waals surface area contributed by atoms with Crippen molar-refractivity contribution >= 4 is 29.3 Å². The maximum absolute atomic E-state index is 14.1. The average molecular weight is 581 g/mol. The molecule has 18 heteroatoms. The van der Waals surface area contributed by atoms with Gasteiger partial charge in [-0.2, -0.15) is 57.1 Å². The summed E-state index contributed by atoms with van der Waals surface area (Å²) >= 11 is 7.96. The zero-order valence-corrected chi connectivity index (χ0v) is 17.9. The van der Waals surface area contributed by atoms with Gasteiger partial charge in [0.15, 0.2) is 0 Å². The maximum atomic E-state index is 14.1. The predicted octanol–water partition coefficient (Wildman–Crippen LogP) is 7.62. The predicted molar refractivity (Wildman–Crippen MR) is 93.6 cm³/mol. The largest absolute Gasteiger partial charge is 0.458 e. The smallest absolute Gasteiger partial charge is 0.370 e. The van der Waals surface area contributed by atoms with Crippen LogP contribution in [0.4, 0.5) is 57.1 Å². The quantitative estimate of drug-likeness (QED) is 0.188. The Morgan fingerprint density at radius 3 is 1.74 bits per heavy atom. The van der Waals surface area contributed by atoms with Gasteiger partial charge in [-0.25, -0.2) is 0 Å². The highest BCUT2D eigenvalue weighted by molar-refractivity contribution is 6.31. The fourth-order valence-electron chi connectivity index (χ4n) is 2.06. The second-order valence-corrected chi connectivity index (χ2v) is 7.41. The Kier molecular flexibility index (Phi) is 9.11. The van der Waals surface area contributed by atoms with Gasteiger partial charge in [-0.1, -0.05) is 36.9 Å². The van der Waals surface area contributed by atoms with Gasteiger partial charge in [0.1, 0.15) is 6.61 Å². The van der Waals surface area contributed by atoms with Crippen LogP contribution in [0.5, 0.6) is 0 Å². The Balaban J connectivity index is 3.21. The highest BCUT2D eigenvalue weighted by Crippen LogP contribution is 2.55. The molecule has 0 aliphatic carbocycles. The minimum Gasteiger partial charge on any atom is -0.370 e. The molecule has 2 unspecified atom stereocenters. The fourth-order valence-corrected chi connectivity index (χ4v) is 2.19. The van der Waals surface area contributed by atoms with E-state index in [1.165, 1.54) is 30.3 Å². The summed E-state index contributed by atoms with van der Waals surface area (Å²) in [5.74, 6) is -13.3. The fraction of sp³-hybridized carbons (Fsp3) is 0.529. The van der Waals surface area contributed by atoms with Crippen LogP contribution >= 0.6 is 23.2 Å². The Morgan fingerprint density at radius 1 is 0.771 bits per heavy atom. The van der Waals surface area contributed by atoms with Crippen LogP contribution in [-0.2, 0) is 20.8 Å². The van der Waals surface area contributed by atoms with Crippen molar-refractivity contribution in [2.45, 2.75) is 47.5 Å². The molecule has 2 atom stereocenters. The van der Waals surface area contributed by atoms with Gasteiger partial charge in [-0.3, -0.25) is 9.47 Å². The van der Waals surface area contributed by atoms with Crippen molar-refractivity contribution in [3.8, 4) is 0 Å². The van der Waals surface area contributed by atoms with E-state index in [4.69, 9.17) is 0 Å². The van der Waals surface area contributed by atoms with Crippen LogP contribution in [0.25, 0.3) is 6.08 Å². The van der Waals surface area contributed by atoms with Crippen LogP contribution in [0.1, 0.15) is 11.1 Å². The molecule has 1 rings (SSSR count). The summed E-state index contributed by atoms with van der Waals surface area (Å²) in [5.41, 5.74) is 0.309. The normalized spacial score (nSPS) is 17.6. The van der Waals surface area contributed by atoms with Crippen molar-refractivity contribution in [3.63, 3.8) is 0 Å². The van der Waals surface area contributed by atoms with E-state index >= 15 is 0 Å². The highest BCUT2D eigenvalue weighted by Gasteiger charge is 2.81. The molecule has 0 spiro atoms. The van der Waals surface area contributed by atoms with Gasteiger partial charge in [0.05, 0.1) is 6.61 Å². The summed E-state index contributed by atoms with van der Waals surface area (Å²) in [7, 11) is 0. The lowest BCUT2D eigenvalue weighted by molar-refractivity contribution is -0.532. The molecule has 0 saturated carbocycles. The van der Waals surface area contributed by atoms with Crippen molar-refractivity contribution in [1.29, 1.82) is 0 Å². The highest BCUT2D eigenvalue weighted by atomic mass is 35.5. The molecule has 0 aliphatic heterocycles. The second kappa shape index (κ2) is 10.1. The van der Waals surface area contributed by atoms with E-state index in [2.05, 4.69) is 44.0 Å². The van der Waals surface area contributed by atoms with E-state index in [0.29, 0.717) is 0 Å². The lowest BCUT2D eigenvalue weighted by Gasteiger charge is -2.39. The van der Waals surface area contributed by atoms with Gasteiger partial charge in [-0.05, 0) is 34.3 Å². The molecule has 1 aromatic carbocycles. The van der Waals surface area contributed by atoms with Crippen LogP contribution in [0.15, 0.2) is 30.8 Å². The van der Waals surface area contributed by atoms with Crippen LogP contribution in [0.3, 0.4) is 0 Å². The molecule has 202 valence electrons. The van der Waals surface area contributed by atoms with Crippen molar-refractivity contribution in [1.82, 2.24) is 0 Å². The first kappa shape index (κ1) is 31.5. The zero-order chi connectivity index (χ0) is 27.7. The zero-order valence-electron chi connectivity index (χ0n) is 16.4. The molecule has 1 aromatic rings. The number of hydrogen-bond acceptors (Lipinski definition) is 3. The minimum atomic E-state index is -7.42. The Bertz CT molecular complexity index is 887. The van der Waals surface area contributed by atoms with E-state index in [0.717, 1.165) is 0 Å². The van der Waals surface area contributed by atoms with E-state index in [9.17, 15) is 57.1 Å². The monoisotopic (exact) mass is 580 g/mol. The number of rotatable bonds is 12. The lowest BCUT2D eigenvalue weighted by Crippen LogP contribution is -2.65. The van der Waals surface area contributed by atoms with Crippen molar-refractivity contribution in [3.05, 3.63) is 42.0 Å². The van der Waals surface area contributed by atoms with Gasteiger partial charge in [-0.15, -0.1) is 0 Å². The minimum absolute atomic E-state index is 0.0565. The van der Waals surface area contributed by atoms with Crippen molar-refractivity contribution in [2.75, 3.05) is 6.61 Å². The molecule has 35 heavy (non-hydrogen) atoms. The molecule has 0 saturated heterocycles. The molecule has 0 aliphatic rings. The van der Waals surface area contributed by atoms with Crippen LogP contribution < -0.4 is 0 Å². The molecular formula is C17H11Cl2F13O3. The standard InChI is InChI=1S/C17H11Cl2F13O3/c1-2-9-5-3-4-6-10(9)7-33-8-11(20,21)16(29,30)34-12(22,15(26,27)28)17(31,32)35-14(19,25)13(18,23)24/h2-6H,1,7-8H2. The number of hydrogen-bond donors (Lipinski definition) is 0. The van der Waals surface area contributed by atoms with E-state index in [1.807, 2.05) is 0 Å². The third-order valence-electron chi connectivity index (χ3n) is 3.84. The van der Waals surface area contributed by atoms with Crippen LogP contribution in [0.2, 0.25) is 0 Å². The van der Waals surface area contributed by atoms with E-state index in [-0.39, 0.29) is 11.1 Å². The molecular weight excluding hydrogens is 570 g/mol. The third-order valence-corrected chi connectivity index (χ3v) is 4.49. The van der Waals surface area contributed by atoms with Gasteiger partial charge in [0, 0.05) is 0 Å². The Labute approximate surface area is 197 Å². The summed E-state index contributed by atoms with van der Waals surface area (Å²) in [4.78, 5) is 0. The lowest BCUT2D eigenvalue weighted by atomic mass is 10.1. The summed E-state index contributed by atoms with van der Waals surface area (Å²) in [5, 5.41) is -11.7. The molecule has 0 amide bonds. The number of benzene rings is 1. The summed E-state index contributed by atoms with van der Waals surface area (Å²) in [6.07, 6.45) is -20.3. The summed E-state index contributed by atoms with van der Waals surface area (Å²) < 4.78 is 182. The molecule has 0 bridgehead atoms. The summed E-state index contributed by atoms with van der Waals surface area (Å²) in [6.45, 7) is -0.0796. The molecule has 0 heterocycles. The van der Waals surface area contributed by atoms with Gasteiger partial charge < -0.3 is 4.74 Å². The average Bonchev–Trinajstić information content (AvgIpc) is 2.65. The Morgan fingerprint density at radius 2 is 1.29 bits per heavy atom. The molecule has 0 N–H and O–H groups in total. The Hall–Kier alpha value is -1.49. The molecule has 0 fully saturated rings. The van der Waals surface area contributed by atoms with Gasteiger partial charge >= 0.3 is 40.9 Å². The van der Waals surface area contributed by atoms with Gasteiger partial charge in [0.25, 0.3) is 0 Å². The first-order chi connectivity index (χ1) is 15.4. The SMILES string of the molecule is C=Cc1ccccc1COCC(F)(F)C(F)(F)OC(F)(C(F)(F)F)C(F)(F)OC(F)(Cl)C(F)(F)Cl. The number of alkyl halides is 15. The maximum Gasteiger partial charge on any atom is 0.458 e. The molecule has 0 radical (unpaired) electrons. The topological polar surface area (TPSA) is 27.7 Å². The van der Waals surface area contributed by atoms with E-state index < -0.39 is 54.1 Å². The van der Waals surface area contributed by atoms with Gasteiger partial charge in [0.2, 0.25) is 0 Å². The third kappa shape index (κ3) is 6.84. The van der Waals surface area contributed by atoms with E-state index in [1.54, 1.807) is 0 Å². The number of ether oxygens (including phenoxy) is 3.